The van der Waals surface area contributed by atoms with Gasteiger partial charge in [0.25, 0.3) is 0 Å². The third-order valence-electron chi connectivity index (χ3n) is 1.03. The average molecular weight is 103 g/mol. The van der Waals surface area contributed by atoms with Gasteiger partial charge in [0.1, 0.15) is 0 Å². The first-order chi connectivity index (χ1) is 3.79. The Morgan fingerprint density at radius 3 is 2.00 bits per heavy atom. The van der Waals surface area contributed by atoms with Crippen molar-refractivity contribution in [2.75, 3.05) is 0 Å². The van der Waals surface area contributed by atoms with Crippen LogP contribution in [0.3, 0.4) is 0 Å². The van der Waals surface area contributed by atoms with E-state index in [0.717, 1.165) is 11.2 Å². The molecule has 0 atom stereocenters. The first-order valence-electron chi connectivity index (χ1n) is 2.69. The minimum atomic E-state index is 1.09. The molecule has 0 aliphatic rings. The Balaban J connectivity index is 3.08. The van der Waals surface area contributed by atoms with E-state index in [1.54, 1.807) is 0 Å². The SMILES string of the molecule is Cc1bcbc(C)n1. The second-order valence-corrected chi connectivity index (χ2v) is 1.92. The Morgan fingerprint density at radius 1 is 1.25 bits per heavy atom. The zero-order chi connectivity index (χ0) is 5.98. The van der Waals surface area contributed by atoms with E-state index in [1.807, 2.05) is 33.5 Å². The number of rotatable bonds is 0. The molecular weight excluding hydrogens is 95.7 g/mol. The second-order valence-electron chi connectivity index (χ2n) is 1.92. The molecule has 1 rings (SSSR count). The molecule has 0 bridgehead atoms. The van der Waals surface area contributed by atoms with Gasteiger partial charge in [0.05, 0.1) is 0 Å². The van der Waals surface area contributed by atoms with Crippen LogP contribution in [-0.2, 0) is 0 Å². The van der Waals surface area contributed by atoms with Gasteiger partial charge < -0.3 is 0 Å². The standard InChI is InChI=1S/C5H7B2N/c1-4-6-3-7-5(2)8-4/h3H,1-2H3. The molecule has 0 saturated heterocycles. The van der Waals surface area contributed by atoms with Crippen LogP contribution >= 0.6 is 0 Å². The van der Waals surface area contributed by atoms with Crippen molar-refractivity contribution >= 4 is 13.8 Å². The van der Waals surface area contributed by atoms with E-state index in [4.69, 9.17) is 0 Å². The first kappa shape index (κ1) is 5.67. The summed E-state index contributed by atoms with van der Waals surface area (Å²) in [6.07, 6.45) is 0. The molecule has 0 N–H and O–H groups in total. The summed E-state index contributed by atoms with van der Waals surface area (Å²) in [5, 5.41) is 0. The van der Waals surface area contributed by atoms with E-state index in [0.29, 0.717) is 0 Å². The molecule has 8 heavy (non-hydrogen) atoms. The molecule has 3 heteroatoms. The van der Waals surface area contributed by atoms with Gasteiger partial charge >= 0.3 is 49.7 Å². The number of aryl methyl sites for hydroxylation is 2. The van der Waals surface area contributed by atoms with Crippen LogP contribution in [0.1, 0.15) is 11.2 Å². The number of aromatic nitrogens is 1. The summed E-state index contributed by atoms with van der Waals surface area (Å²) in [7, 11) is 0. The summed E-state index contributed by atoms with van der Waals surface area (Å²) in [6, 6.07) is 0. The van der Waals surface area contributed by atoms with Crippen molar-refractivity contribution in [2.45, 2.75) is 13.8 Å². The van der Waals surface area contributed by atoms with Gasteiger partial charge in [-0.3, -0.25) is 0 Å². The Labute approximate surface area is 50.6 Å². The van der Waals surface area contributed by atoms with Gasteiger partial charge in [-0.25, -0.2) is 0 Å². The molecule has 0 saturated carbocycles. The van der Waals surface area contributed by atoms with Gasteiger partial charge in [-0.2, -0.15) is 0 Å². The second kappa shape index (κ2) is 2.21. The van der Waals surface area contributed by atoms with E-state index in [1.165, 1.54) is 0 Å². The van der Waals surface area contributed by atoms with E-state index >= 15 is 0 Å². The Morgan fingerprint density at radius 2 is 1.75 bits per heavy atom. The zero-order valence-electron chi connectivity index (χ0n) is 5.18. The van der Waals surface area contributed by atoms with Gasteiger partial charge in [-0.05, 0) is 0 Å². The maximum absolute atomic E-state index is 4.17. The van der Waals surface area contributed by atoms with Crippen molar-refractivity contribution < 1.29 is 0 Å². The van der Waals surface area contributed by atoms with Gasteiger partial charge in [0, 0.05) is 0 Å². The monoisotopic (exact) mass is 103 g/mol. The van der Waals surface area contributed by atoms with Crippen molar-refractivity contribution in [2.24, 2.45) is 0 Å². The Hall–Kier alpha value is -0.460. The predicted octanol–water partition coefficient (Wildman–Crippen LogP) is 0.375. The van der Waals surface area contributed by atoms with Gasteiger partial charge in [0.2, 0.25) is 0 Å². The summed E-state index contributed by atoms with van der Waals surface area (Å²) in [5.74, 6) is 2.01. The molecule has 38 valence electrons. The van der Waals surface area contributed by atoms with Crippen molar-refractivity contribution in [3.8, 4) is 0 Å². The molecule has 1 aromatic rings. The van der Waals surface area contributed by atoms with E-state index in [9.17, 15) is 0 Å². The van der Waals surface area contributed by atoms with Gasteiger partial charge in [-0.1, -0.05) is 0 Å². The van der Waals surface area contributed by atoms with Crippen LogP contribution in [0.2, 0.25) is 0 Å². The maximum atomic E-state index is 4.17. The molecular formula is C5H7B2N. The number of hydrogen-bond donors (Lipinski definition) is 0. The fraction of sp³-hybridized carbons (Fsp3) is 0.400. The Bertz CT molecular complexity index is 170. The van der Waals surface area contributed by atoms with Gasteiger partial charge in [0.15, 0.2) is 0 Å². The molecule has 1 nitrogen and oxygen atoms in total. The van der Waals surface area contributed by atoms with Crippen LogP contribution in [0.25, 0.3) is 0 Å². The van der Waals surface area contributed by atoms with Crippen LogP contribution in [0.15, 0.2) is 5.86 Å². The quantitative estimate of drug-likeness (QED) is 0.462. The van der Waals surface area contributed by atoms with Crippen molar-refractivity contribution in [3.63, 3.8) is 0 Å². The molecule has 0 spiro atoms. The fourth-order valence-corrected chi connectivity index (χ4v) is 0.679. The number of nitrogens with zero attached hydrogens (tertiary/aromatic N) is 1. The Kier molecular flexibility index (Phi) is 1.56. The molecule has 1 aromatic heterocycles. The molecule has 1 heterocycles. The molecule has 0 aliphatic carbocycles. The van der Waals surface area contributed by atoms with Crippen molar-refractivity contribution in [1.82, 2.24) is 4.98 Å². The third kappa shape index (κ3) is 1.25. The molecule has 0 amide bonds. The molecule has 0 fully saturated rings. The third-order valence-corrected chi connectivity index (χ3v) is 1.03. The summed E-state index contributed by atoms with van der Waals surface area (Å²) in [6.45, 7) is 7.97. The summed E-state index contributed by atoms with van der Waals surface area (Å²) >= 11 is 0. The topological polar surface area (TPSA) is 12.9 Å². The molecule has 0 aromatic carbocycles. The summed E-state index contributed by atoms with van der Waals surface area (Å²) < 4.78 is 0. The van der Waals surface area contributed by atoms with Crippen LogP contribution in [0.4, 0.5) is 0 Å². The predicted molar refractivity (Wildman–Crippen MR) is 36.4 cm³/mol. The summed E-state index contributed by atoms with van der Waals surface area (Å²) in [4.78, 5) is 4.17. The number of hydrogen-bond acceptors (Lipinski definition) is 1. The van der Waals surface area contributed by atoms with E-state index in [2.05, 4.69) is 4.98 Å². The van der Waals surface area contributed by atoms with Crippen molar-refractivity contribution in [3.05, 3.63) is 17.0 Å². The summed E-state index contributed by atoms with van der Waals surface area (Å²) in [5.41, 5.74) is 2.18. The van der Waals surface area contributed by atoms with E-state index in [-0.39, 0.29) is 0 Å². The van der Waals surface area contributed by atoms with Gasteiger partial charge in [-0.15, -0.1) is 0 Å². The fourth-order valence-electron chi connectivity index (χ4n) is 0.679. The van der Waals surface area contributed by atoms with Crippen LogP contribution in [0, 0.1) is 13.8 Å². The minimum absolute atomic E-state index is 1.09. The molecule has 0 radical (unpaired) electrons. The van der Waals surface area contributed by atoms with Crippen LogP contribution in [-0.4, -0.2) is 18.8 Å². The van der Waals surface area contributed by atoms with Crippen molar-refractivity contribution in [1.29, 1.82) is 0 Å². The molecule has 0 aliphatic heterocycles. The normalized spacial score (nSPS) is 8.25. The average Bonchev–Trinajstić information content (AvgIpc) is 1.64. The zero-order valence-corrected chi connectivity index (χ0v) is 5.18. The van der Waals surface area contributed by atoms with Crippen LogP contribution < -0.4 is 0 Å². The first-order valence-corrected chi connectivity index (χ1v) is 2.69. The van der Waals surface area contributed by atoms with Crippen LogP contribution in [0.5, 0.6) is 0 Å². The van der Waals surface area contributed by atoms with E-state index < -0.39 is 0 Å². The molecule has 0 unspecified atom stereocenters.